The Morgan fingerprint density at radius 1 is 1.32 bits per heavy atom. The number of hydrogen-bond acceptors (Lipinski definition) is 1. The molecule has 0 unspecified atom stereocenters. The van der Waals surface area contributed by atoms with Crippen LogP contribution >= 0.6 is 0 Å². The summed E-state index contributed by atoms with van der Waals surface area (Å²) in [4.78, 5) is 16.7. The highest BCUT2D eigenvalue weighted by molar-refractivity contribution is 5.94. The molecule has 2 heterocycles. The molecule has 0 aliphatic carbocycles. The van der Waals surface area contributed by atoms with Gasteiger partial charge in [-0.05, 0) is 25.0 Å². The molecule has 0 bridgehead atoms. The van der Waals surface area contributed by atoms with E-state index in [4.69, 9.17) is 0 Å². The van der Waals surface area contributed by atoms with Gasteiger partial charge in [0.05, 0.1) is 0 Å². The molecule has 1 aliphatic rings. The van der Waals surface area contributed by atoms with Crippen LogP contribution in [0.1, 0.15) is 24.6 Å². The van der Waals surface area contributed by atoms with E-state index in [1.165, 1.54) is 27.7 Å². The average molecular weight is 254 g/mol. The molecule has 1 aliphatic heterocycles. The highest BCUT2D eigenvalue weighted by Gasteiger charge is 2.18. The normalized spacial score (nSPS) is 15.7. The van der Waals surface area contributed by atoms with Gasteiger partial charge in [-0.1, -0.05) is 24.3 Å². The zero-order valence-electron chi connectivity index (χ0n) is 11.4. The van der Waals surface area contributed by atoms with Gasteiger partial charge in [0.1, 0.15) is 0 Å². The number of H-pyrrole nitrogens is 1. The predicted octanol–water partition coefficient (Wildman–Crippen LogP) is 3.11. The van der Waals surface area contributed by atoms with E-state index in [-0.39, 0.29) is 5.91 Å². The summed E-state index contributed by atoms with van der Waals surface area (Å²) in [6, 6.07) is 8.39. The van der Waals surface area contributed by atoms with Crippen molar-refractivity contribution in [3.8, 4) is 0 Å². The third-order valence-electron chi connectivity index (χ3n) is 3.87. The zero-order valence-corrected chi connectivity index (χ0v) is 11.4. The molecule has 0 saturated heterocycles. The number of carbonyl (C=O) groups excluding carboxylic acids is 1. The zero-order chi connectivity index (χ0) is 13.4. The molecule has 0 spiro atoms. The first-order chi connectivity index (χ1) is 9.16. The number of fused-ring (bicyclic) bond motifs is 1. The second-order valence-corrected chi connectivity index (χ2v) is 5.11. The van der Waals surface area contributed by atoms with Gasteiger partial charge in [0.2, 0.25) is 5.91 Å². The van der Waals surface area contributed by atoms with Crippen LogP contribution in [0, 0.1) is 6.92 Å². The van der Waals surface area contributed by atoms with Crippen LogP contribution in [0.5, 0.6) is 0 Å². The van der Waals surface area contributed by atoms with Gasteiger partial charge in [0.25, 0.3) is 0 Å². The van der Waals surface area contributed by atoms with Crippen LogP contribution in [0.3, 0.4) is 0 Å². The SMILES string of the molecule is CC(=O)N1CC=C(c2c(C)[nH]c3ccccc23)CC1. The maximum Gasteiger partial charge on any atom is 0.219 e. The summed E-state index contributed by atoms with van der Waals surface area (Å²) in [5, 5.41) is 1.28. The fourth-order valence-electron chi connectivity index (χ4n) is 2.87. The lowest BCUT2D eigenvalue weighted by atomic mass is 9.97. The van der Waals surface area contributed by atoms with Gasteiger partial charge < -0.3 is 9.88 Å². The number of para-hydroxylation sites is 1. The number of nitrogens with zero attached hydrogens (tertiary/aromatic N) is 1. The Bertz CT molecular complexity index is 666. The summed E-state index contributed by atoms with van der Waals surface area (Å²) in [6.45, 7) is 5.30. The minimum absolute atomic E-state index is 0.158. The van der Waals surface area contributed by atoms with E-state index >= 15 is 0 Å². The highest BCUT2D eigenvalue weighted by Crippen LogP contribution is 2.31. The summed E-state index contributed by atoms with van der Waals surface area (Å²) >= 11 is 0. The lowest BCUT2D eigenvalue weighted by Gasteiger charge is -2.25. The molecule has 0 radical (unpaired) electrons. The van der Waals surface area contributed by atoms with E-state index in [0.29, 0.717) is 0 Å². The van der Waals surface area contributed by atoms with Crippen LogP contribution in [0.25, 0.3) is 16.5 Å². The summed E-state index contributed by atoms with van der Waals surface area (Å²) in [6.07, 6.45) is 3.12. The fraction of sp³-hybridized carbons (Fsp3) is 0.312. The van der Waals surface area contributed by atoms with Gasteiger partial charge in [0.15, 0.2) is 0 Å². The number of nitrogens with one attached hydrogen (secondary N) is 1. The monoisotopic (exact) mass is 254 g/mol. The number of carbonyl (C=O) groups is 1. The van der Waals surface area contributed by atoms with Crippen LogP contribution in [0.2, 0.25) is 0 Å². The quantitative estimate of drug-likeness (QED) is 0.834. The van der Waals surface area contributed by atoms with E-state index in [9.17, 15) is 4.79 Å². The number of amides is 1. The Balaban J connectivity index is 2.02. The van der Waals surface area contributed by atoms with Gasteiger partial charge in [0, 0.05) is 42.2 Å². The van der Waals surface area contributed by atoms with Crippen LogP contribution in [-0.4, -0.2) is 28.9 Å². The van der Waals surface area contributed by atoms with Gasteiger partial charge in [-0.15, -0.1) is 0 Å². The molecule has 19 heavy (non-hydrogen) atoms. The minimum Gasteiger partial charge on any atom is -0.358 e. The largest absolute Gasteiger partial charge is 0.358 e. The summed E-state index contributed by atoms with van der Waals surface area (Å²) in [7, 11) is 0. The lowest BCUT2D eigenvalue weighted by molar-refractivity contribution is -0.128. The number of rotatable bonds is 1. The van der Waals surface area contributed by atoms with Crippen molar-refractivity contribution < 1.29 is 4.79 Å². The van der Waals surface area contributed by atoms with Gasteiger partial charge >= 0.3 is 0 Å². The van der Waals surface area contributed by atoms with E-state index in [1.807, 2.05) is 4.90 Å². The van der Waals surface area contributed by atoms with Crippen molar-refractivity contribution in [2.45, 2.75) is 20.3 Å². The van der Waals surface area contributed by atoms with E-state index in [0.717, 1.165) is 19.5 Å². The number of aromatic nitrogens is 1. The van der Waals surface area contributed by atoms with Crippen molar-refractivity contribution in [3.05, 3.63) is 41.6 Å². The first-order valence-corrected chi connectivity index (χ1v) is 6.69. The maximum absolute atomic E-state index is 11.4. The van der Waals surface area contributed by atoms with E-state index < -0.39 is 0 Å². The standard InChI is InChI=1S/C16H18N2O/c1-11-16(14-5-3-4-6-15(14)17-11)13-7-9-18(10-8-13)12(2)19/h3-7,17H,8-10H2,1-2H3. The Labute approximate surface area is 112 Å². The number of aromatic amines is 1. The molecule has 98 valence electrons. The molecule has 2 aromatic rings. The first-order valence-electron chi connectivity index (χ1n) is 6.69. The van der Waals surface area contributed by atoms with Crippen LogP contribution in [0.4, 0.5) is 0 Å². The molecule has 1 N–H and O–H groups in total. The Kier molecular flexibility index (Phi) is 2.90. The third-order valence-corrected chi connectivity index (χ3v) is 3.87. The van der Waals surface area contributed by atoms with Crippen molar-refractivity contribution in [2.75, 3.05) is 13.1 Å². The molecule has 3 rings (SSSR count). The highest BCUT2D eigenvalue weighted by atomic mass is 16.2. The number of benzene rings is 1. The number of aryl methyl sites for hydroxylation is 1. The van der Waals surface area contributed by atoms with Gasteiger partial charge in [-0.3, -0.25) is 4.79 Å². The molecule has 0 saturated carbocycles. The molecule has 0 fully saturated rings. The Morgan fingerprint density at radius 2 is 2.11 bits per heavy atom. The fourth-order valence-corrected chi connectivity index (χ4v) is 2.87. The lowest BCUT2D eigenvalue weighted by Crippen LogP contribution is -2.32. The molecule has 1 aromatic heterocycles. The second kappa shape index (κ2) is 4.57. The van der Waals surface area contributed by atoms with Gasteiger partial charge in [-0.25, -0.2) is 0 Å². The van der Waals surface area contributed by atoms with Crippen molar-refractivity contribution in [1.29, 1.82) is 0 Å². The third kappa shape index (κ3) is 2.05. The topological polar surface area (TPSA) is 36.1 Å². The molecular formula is C16H18N2O. The Hall–Kier alpha value is -2.03. The van der Waals surface area contributed by atoms with Crippen molar-refractivity contribution in [1.82, 2.24) is 9.88 Å². The van der Waals surface area contributed by atoms with Crippen molar-refractivity contribution in [2.24, 2.45) is 0 Å². The maximum atomic E-state index is 11.4. The van der Waals surface area contributed by atoms with Crippen molar-refractivity contribution >= 4 is 22.4 Å². The summed E-state index contributed by atoms with van der Waals surface area (Å²) < 4.78 is 0. The first kappa shape index (κ1) is 12.0. The summed E-state index contributed by atoms with van der Waals surface area (Å²) in [5.74, 6) is 0.158. The summed E-state index contributed by atoms with van der Waals surface area (Å²) in [5.41, 5.74) is 5.07. The molecule has 3 nitrogen and oxygen atoms in total. The molecule has 3 heteroatoms. The van der Waals surface area contributed by atoms with Crippen LogP contribution in [0.15, 0.2) is 30.3 Å². The van der Waals surface area contributed by atoms with Crippen LogP contribution < -0.4 is 0 Å². The minimum atomic E-state index is 0.158. The molecule has 1 amide bonds. The average Bonchev–Trinajstić information content (AvgIpc) is 2.74. The smallest absolute Gasteiger partial charge is 0.219 e. The van der Waals surface area contributed by atoms with E-state index in [2.05, 4.69) is 42.2 Å². The van der Waals surface area contributed by atoms with Crippen molar-refractivity contribution in [3.63, 3.8) is 0 Å². The Morgan fingerprint density at radius 3 is 2.79 bits per heavy atom. The van der Waals surface area contributed by atoms with E-state index in [1.54, 1.807) is 6.92 Å². The molecule has 0 atom stereocenters. The molecule has 1 aromatic carbocycles. The molecular weight excluding hydrogens is 236 g/mol. The number of hydrogen-bond donors (Lipinski definition) is 1. The second-order valence-electron chi connectivity index (χ2n) is 5.11. The van der Waals surface area contributed by atoms with Gasteiger partial charge in [-0.2, -0.15) is 0 Å². The van der Waals surface area contributed by atoms with Crippen LogP contribution in [-0.2, 0) is 4.79 Å². The predicted molar refractivity (Wildman–Crippen MR) is 77.9 cm³/mol.